The molecule has 134 valence electrons. The summed E-state index contributed by atoms with van der Waals surface area (Å²) in [5.74, 6) is 0.547. The molecule has 1 aliphatic rings. The van der Waals surface area contributed by atoms with Crippen LogP contribution in [0, 0.1) is 0 Å². The van der Waals surface area contributed by atoms with Gasteiger partial charge in [-0.15, -0.1) is 5.01 Å². The van der Waals surface area contributed by atoms with Crippen LogP contribution in [0.1, 0.15) is 18.1 Å². The van der Waals surface area contributed by atoms with Crippen molar-refractivity contribution in [1.82, 2.24) is 10.3 Å². The molecule has 0 spiro atoms. The highest BCUT2D eigenvalue weighted by Crippen LogP contribution is 2.31. The molecule has 0 unspecified atom stereocenters. The summed E-state index contributed by atoms with van der Waals surface area (Å²) in [6, 6.07) is 13.7. The lowest BCUT2D eigenvalue weighted by atomic mass is 9.92. The summed E-state index contributed by atoms with van der Waals surface area (Å²) in [6.07, 6.45) is 1.40. The molecule has 3 amide bonds. The van der Waals surface area contributed by atoms with Crippen LogP contribution in [0.25, 0.3) is 0 Å². The summed E-state index contributed by atoms with van der Waals surface area (Å²) in [4.78, 5) is 25.1. The molecule has 0 bridgehead atoms. The number of benzene rings is 2. The molecule has 26 heavy (non-hydrogen) atoms. The Bertz CT molecular complexity index is 866. The zero-order chi connectivity index (χ0) is 18.7. The third kappa shape index (κ3) is 2.88. The van der Waals surface area contributed by atoms with Crippen LogP contribution in [0.3, 0.4) is 0 Å². The van der Waals surface area contributed by atoms with Gasteiger partial charge in [-0.25, -0.2) is 4.79 Å². The van der Waals surface area contributed by atoms with Crippen molar-refractivity contribution in [3.8, 4) is 11.5 Å². The highest BCUT2D eigenvalue weighted by molar-refractivity contribution is 6.07. The minimum absolute atomic E-state index is 0.452. The summed E-state index contributed by atoms with van der Waals surface area (Å²) in [5, 5.41) is 7.60. The standard InChI is InChI=1S/C19H19N3O4/c1-19(14-9-5-4-6-10-14)17(23)22(18(24)21-19)20-12-13-8-7-11-15(25-2)16(13)26-3/h4-12H,1-3H3,(H,21,24)/b20-12-/t19-/m1/s1. The lowest BCUT2D eigenvalue weighted by Crippen LogP contribution is -2.40. The van der Waals surface area contributed by atoms with Crippen LogP contribution < -0.4 is 14.8 Å². The average molecular weight is 353 g/mol. The monoisotopic (exact) mass is 353 g/mol. The maximum Gasteiger partial charge on any atom is 0.346 e. The van der Waals surface area contributed by atoms with E-state index < -0.39 is 17.5 Å². The van der Waals surface area contributed by atoms with Crippen molar-refractivity contribution < 1.29 is 19.1 Å². The van der Waals surface area contributed by atoms with Gasteiger partial charge in [0.15, 0.2) is 11.5 Å². The molecule has 1 atom stereocenters. The Kier molecular flexibility index (Phi) is 4.62. The average Bonchev–Trinajstić information content (AvgIpc) is 2.89. The minimum atomic E-state index is -1.16. The van der Waals surface area contributed by atoms with Gasteiger partial charge in [-0.05, 0) is 24.6 Å². The van der Waals surface area contributed by atoms with Crippen molar-refractivity contribution in [2.24, 2.45) is 5.10 Å². The molecule has 1 saturated heterocycles. The van der Waals surface area contributed by atoms with Crippen LogP contribution in [0.4, 0.5) is 4.79 Å². The number of urea groups is 1. The first kappa shape index (κ1) is 17.5. The number of carbonyl (C=O) groups is 2. The van der Waals surface area contributed by atoms with E-state index >= 15 is 0 Å². The minimum Gasteiger partial charge on any atom is -0.493 e. The van der Waals surface area contributed by atoms with E-state index in [-0.39, 0.29) is 0 Å². The molecule has 0 radical (unpaired) electrons. The van der Waals surface area contributed by atoms with Crippen molar-refractivity contribution in [1.29, 1.82) is 0 Å². The van der Waals surface area contributed by atoms with Crippen LogP contribution in [0.15, 0.2) is 53.6 Å². The van der Waals surface area contributed by atoms with Crippen LogP contribution in [-0.2, 0) is 10.3 Å². The van der Waals surface area contributed by atoms with Crippen molar-refractivity contribution in [3.63, 3.8) is 0 Å². The summed E-state index contributed by atoms with van der Waals surface area (Å²) >= 11 is 0. The molecule has 3 rings (SSSR count). The van der Waals surface area contributed by atoms with E-state index in [2.05, 4.69) is 10.4 Å². The molecular weight excluding hydrogens is 334 g/mol. The SMILES string of the molecule is COc1cccc(/C=N\N2C(=O)N[C@](C)(c3ccccc3)C2=O)c1OC. The Morgan fingerprint density at radius 1 is 1.04 bits per heavy atom. The summed E-state index contributed by atoms with van der Waals surface area (Å²) in [7, 11) is 3.04. The van der Waals surface area contributed by atoms with E-state index in [4.69, 9.17) is 9.47 Å². The number of para-hydroxylation sites is 1. The van der Waals surface area contributed by atoms with Gasteiger partial charge in [0.05, 0.1) is 20.4 Å². The lowest BCUT2D eigenvalue weighted by Gasteiger charge is -2.20. The Hall–Kier alpha value is -3.35. The number of nitrogens with one attached hydrogen (secondary N) is 1. The van der Waals surface area contributed by atoms with Gasteiger partial charge in [-0.2, -0.15) is 5.10 Å². The number of rotatable bonds is 5. The first-order valence-corrected chi connectivity index (χ1v) is 7.98. The zero-order valence-electron chi connectivity index (χ0n) is 14.7. The fraction of sp³-hybridized carbons (Fsp3) is 0.211. The highest BCUT2D eigenvalue weighted by atomic mass is 16.5. The quantitative estimate of drug-likeness (QED) is 0.662. The highest BCUT2D eigenvalue weighted by Gasteiger charge is 2.49. The van der Waals surface area contributed by atoms with Gasteiger partial charge >= 0.3 is 6.03 Å². The Morgan fingerprint density at radius 3 is 2.42 bits per heavy atom. The smallest absolute Gasteiger partial charge is 0.346 e. The number of hydrazone groups is 1. The molecule has 2 aromatic rings. The summed E-state index contributed by atoms with van der Waals surface area (Å²) in [5.41, 5.74) is 0.115. The third-order valence-corrected chi connectivity index (χ3v) is 4.27. The number of hydrogen-bond donors (Lipinski definition) is 1. The topological polar surface area (TPSA) is 80.2 Å². The van der Waals surface area contributed by atoms with Gasteiger partial charge in [-0.1, -0.05) is 36.4 Å². The molecule has 1 N–H and O–H groups in total. The molecular formula is C19H19N3O4. The fourth-order valence-corrected chi connectivity index (χ4v) is 2.83. The summed E-state index contributed by atoms with van der Waals surface area (Å²) < 4.78 is 10.6. The largest absolute Gasteiger partial charge is 0.493 e. The van der Waals surface area contributed by atoms with Gasteiger partial charge in [-0.3, -0.25) is 4.79 Å². The zero-order valence-corrected chi connectivity index (χ0v) is 14.7. The lowest BCUT2D eigenvalue weighted by molar-refractivity contribution is -0.131. The second-order valence-corrected chi connectivity index (χ2v) is 5.87. The molecule has 1 aliphatic heterocycles. The number of nitrogens with zero attached hydrogens (tertiary/aromatic N) is 2. The third-order valence-electron chi connectivity index (χ3n) is 4.27. The van der Waals surface area contributed by atoms with Gasteiger partial charge in [0, 0.05) is 5.56 Å². The van der Waals surface area contributed by atoms with Crippen LogP contribution >= 0.6 is 0 Å². The van der Waals surface area contributed by atoms with Crippen molar-refractivity contribution in [3.05, 3.63) is 59.7 Å². The van der Waals surface area contributed by atoms with E-state index in [1.165, 1.54) is 20.4 Å². The van der Waals surface area contributed by atoms with E-state index in [1.54, 1.807) is 37.3 Å². The van der Waals surface area contributed by atoms with Crippen molar-refractivity contribution in [2.45, 2.75) is 12.5 Å². The van der Waals surface area contributed by atoms with Gasteiger partial charge < -0.3 is 14.8 Å². The first-order chi connectivity index (χ1) is 12.5. The first-order valence-electron chi connectivity index (χ1n) is 7.98. The van der Waals surface area contributed by atoms with Gasteiger partial charge in [0.1, 0.15) is 5.54 Å². The van der Waals surface area contributed by atoms with Crippen molar-refractivity contribution in [2.75, 3.05) is 14.2 Å². The maximum atomic E-state index is 12.8. The second-order valence-electron chi connectivity index (χ2n) is 5.87. The van der Waals surface area contributed by atoms with E-state index in [0.717, 1.165) is 5.01 Å². The van der Waals surface area contributed by atoms with E-state index in [1.807, 2.05) is 18.2 Å². The van der Waals surface area contributed by atoms with E-state index in [9.17, 15) is 9.59 Å². The number of carbonyl (C=O) groups excluding carboxylic acids is 2. The number of amides is 3. The molecule has 0 aromatic heterocycles. The number of ether oxygens (including phenoxy) is 2. The number of imide groups is 1. The van der Waals surface area contributed by atoms with Crippen LogP contribution in [0.5, 0.6) is 11.5 Å². The molecule has 2 aromatic carbocycles. The van der Waals surface area contributed by atoms with Crippen molar-refractivity contribution >= 4 is 18.2 Å². The van der Waals surface area contributed by atoms with Gasteiger partial charge in [0.25, 0.3) is 5.91 Å². The second kappa shape index (κ2) is 6.87. The fourth-order valence-electron chi connectivity index (χ4n) is 2.83. The van der Waals surface area contributed by atoms with Crippen LogP contribution in [0.2, 0.25) is 0 Å². The molecule has 1 heterocycles. The van der Waals surface area contributed by atoms with Crippen LogP contribution in [-0.4, -0.2) is 37.4 Å². The van der Waals surface area contributed by atoms with E-state index in [0.29, 0.717) is 22.6 Å². The Morgan fingerprint density at radius 2 is 1.77 bits per heavy atom. The normalized spacial score (nSPS) is 19.7. The van der Waals surface area contributed by atoms with Gasteiger partial charge in [0.2, 0.25) is 0 Å². The summed E-state index contributed by atoms with van der Waals surface area (Å²) in [6.45, 7) is 1.66. The maximum absolute atomic E-state index is 12.8. The molecule has 0 aliphatic carbocycles. The number of hydrogen-bond acceptors (Lipinski definition) is 5. The Labute approximate surface area is 151 Å². The molecule has 0 saturated carbocycles. The Balaban J connectivity index is 1.91. The number of methoxy groups -OCH3 is 2. The predicted molar refractivity (Wildman–Crippen MR) is 96.3 cm³/mol. The predicted octanol–water partition coefficient (Wildman–Crippen LogP) is 2.50. The molecule has 7 nitrogen and oxygen atoms in total. The molecule has 1 fully saturated rings. The molecule has 7 heteroatoms.